The summed E-state index contributed by atoms with van der Waals surface area (Å²) < 4.78 is 7.50. The molecule has 0 fully saturated rings. The Morgan fingerprint density at radius 3 is 2.30 bits per heavy atom. The number of fused-ring (bicyclic) bond motifs is 1. The normalized spacial score (nSPS) is 10.8. The number of aromatic carboxylic acids is 1. The second-order valence-corrected chi connectivity index (χ2v) is 7.04. The first-order valence-electron chi connectivity index (χ1n) is 9.05. The maximum atomic E-state index is 12.1. The van der Waals surface area contributed by atoms with Gasteiger partial charge in [-0.3, -0.25) is 4.79 Å². The number of benzene rings is 3. The van der Waals surface area contributed by atoms with E-state index in [0.717, 1.165) is 0 Å². The van der Waals surface area contributed by atoms with E-state index < -0.39 is 18.4 Å². The lowest BCUT2D eigenvalue weighted by Crippen LogP contribution is -2.11. The summed E-state index contributed by atoms with van der Waals surface area (Å²) in [4.78, 5) is 23.6. The van der Waals surface area contributed by atoms with Gasteiger partial charge in [0.25, 0.3) is 0 Å². The van der Waals surface area contributed by atoms with Gasteiger partial charge in [-0.15, -0.1) is 0 Å². The van der Waals surface area contributed by atoms with Crippen molar-refractivity contribution in [1.82, 2.24) is 4.57 Å². The van der Waals surface area contributed by atoms with Crippen molar-refractivity contribution in [3.8, 4) is 17.2 Å². The number of ether oxygens (including phenoxy) is 1. The number of hydrogen-bond acceptors (Lipinski definition) is 3. The summed E-state index contributed by atoms with van der Waals surface area (Å²) in [6.45, 7) is 0. The fourth-order valence-electron chi connectivity index (χ4n) is 3.47. The van der Waals surface area contributed by atoms with Crippen LogP contribution in [-0.2, 0) is 11.2 Å². The van der Waals surface area contributed by atoms with Crippen LogP contribution in [0.1, 0.15) is 16.1 Å². The molecule has 0 spiro atoms. The van der Waals surface area contributed by atoms with Gasteiger partial charge in [-0.1, -0.05) is 35.9 Å². The number of hydrogen-bond donors (Lipinski definition) is 2. The largest absolute Gasteiger partial charge is 0.481 e. The Labute approximate surface area is 176 Å². The highest BCUT2D eigenvalue weighted by molar-refractivity contribution is 6.30. The molecule has 0 aliphatic heterocycles. The Balaban J connectivity index is 1.94. The van der Waals surface area contributed by atoms with Crippen molar-refractivity contribution in [2.75, 3.05) is 0 Å². The summed E-state index contributed by atoms with van der Waals surface area (Å²) in [5.41, 5.74) is 1.38. The van der Waals surface area contributed by atoms with Crippen LogP contribution in [0.25, 0.3) is 16.6 Å². The number of para-hydroxylation sites is 1. The molecule has 0 amide bonds. The highest BCUT2D eigenvalue weighted by Crippen LogP contribution is 2.34. The molecular weight excluding hydrogens is 406 g/mol. The smallest absolute Gasteiger partial charge is 0.338 e. The standard InChI is InChI=1S/C23H16ClNO5/c24-14-5-4-8-16(11-14)30-17-9-10-19-18(12-17)22(23(28)29)20(13-21(26)27)25(19)15-6-2-1-3-7-15/h1-12H,13H2,(H,26,27)(H,28,29). The van der Waals surface area contributed by atoms with E-state index >= 15 is 0 Å². The maximum absolute atomic E-state index is 12.1. The van der Waals surface area contributed by atoms with E-state index in [1.165, 1.54) is 0 Å². The summed E-state index contributed by atoms with van der Waals surface area (Å²) >= 11 is 6.00. The van der Waals surface area contributed by atoms with Crippen molar-refractivity contribution in [2.45, 2.75) is 6.42 Å². The minimum Gasteiger partial charge on any atom is -0.481 e. The average molecular weight is 422 g/mol. The summed E-state index contributed by atoms with van der Waals surface area (Å²) in [5, 5.41) is 20.2. The van der Waals surface area contributed by atoms with Crippen LogP contribution < -0.4 is 4.74 Å². The molecule has 0 unspecified atom stereocenters. The first-order chi connectivity index (χ1) is 14.4. The van der Waals surface area contributed by atoms with Gasteiger partial charge >= 0.3 is 11.9 Å². The van der Waals surface area contributed by atoms with E-state index in [-0.39, 0.29) is 11.3 Å². The van der Waals surface area contributed by atoms with Crippen molar-refractivity contribution >= 4 is 34.4 Å². The zero-order valence-corrected chi connectivity index (χ0v) is 16.3. The van der Waals surface area contributed by atoms with Gasteiger partial charge in [-0.05, 0) is 48.5 Å². The third kappa shape index (κ3) is 3.73. The van der Waals surface area contributed by atoms with Crippen LogP contribution in [-0.4, -0.2) is 26.7 Å². The number of carboxylic acid groups (broad SMARTS) is 2. The minimum atomic E-state index is -1.20. The molecule has 4 aromatic rings. The maximum Gasteiger partial charge on any atom is 0.338 e. The van der Waals surface area contributed by atoms with Crippen molar-refractivity contribution in [3.05, 3.63) is 89.1 Å². The van der Waals surface area contributed by atoms with Gasteiger partial charge in [0.1, 0.15) is 11.5 Å². The molecule has 0 saturated heterocycles. The van der Waals surface area contributed by atoms with Gasteiger partial charge < -0.3 is 19.5 Å². The summed E-state index contributed by atoms with van der Waals surface area (Å²) in [6, 6.07) is 20.9. The summed E-state index contributed by atoms with van der Waals surface area (Å²) in [6.07, 6.45) is -0.435. The first kappa shape index (κ1) is 19.5. The molecule has 4 rings (SSSR count). The van der Waals surface area contributed by atoms with E-state index in [1.54, 1.807) is 59.2 Å². The van der Waals surface area contributed by atoms with Crippen LogP contribution in [0.15, 0.2) is 72.8 Å². The topological polar surface area (TPSA) is 88.8 Å². The van der Waals surface area contributed by atoms with Crippen molar-refractivity contribution in [1.29, 1.82) is 0 Å². The van der Waals surface area contributed by atoms with E-state index in [4.69, 9.17) is 16.3 Å². The molecule has 1 aromatic heterocycles. The van der Waals surface area contributed by atoms with Crippen LogP contribution >= 0.6 is 11.6 Å². The quantitative estimate of drug-likeness (QED) is 0.435. The first-order valence-corrected chi connectivity index (χ1v) is 9.43. The van der Waals surface area contributed by atoms with E-state index in [2.05, 4.69) is 0 Å². The number of carboxylic acids is 2. The molecule has 2 N–H and O–H groups in total. The average Bonchev–Trinajstić information content (AvgIpc) is 3.01. The van der Waals surface area contributed by atoms with E-state index in [9.17, 15) is 19.8 Å². The molecule has 30 heavy (non-hydrogen) atoms. The zero-order valence-electron chi connectivity index (χ0n) is 15.6. The van der Waals surface area contributed by atoms with E-state index in [1.807, 2.05) is 18.2 Å². The van der Waals surface area contributed by atoms with Gasteiger partial charge in [-0.25, -0.2) is 4.79 Å². The van der Waals surface area contributed by atoms with Crippen molar-refractivity contribution in [3.63, 3.8) is 0 Å². The van der Waals surface area contributed by atoms with Gasteiger partial charge in [0.05, 0.1) is 17.5 Å². The SMILES string of the molecule is O=C(O)Cc1c(C(=O)O)c2cc(Oc3cccc(Cl)c3)ccc2n1-c1ccccc1. The summed E-state index contributed by atoms with van der Waals surface area (Å²) in [7, 11) is 0. The van der Waals surface area contributed by atoms with E-state index in [0.29, 0.717) is 33.1 Å². The zero-order chi connectivity index (χ0) is 21.3. The molecule has 0 aliphatic rings. The molecule has 0 aliphatic carbocycles. The monoisotopic (exact) mass is 421 g/mol. The highest BCUT2D eigenvalue weighted by atomic mass is 35.5. The Hall–Kier alpha value is -3.77. The molecule has 7 heteroatoms. The van der Waals surface area contributed by atoms with Crippen molar-refractivity contribution in [2.24, 2.45) is 0 Å². The third-order valence-corrected chi connectivity index (χ3v) is 4.85. The fourth-order valence-corrected chi connectivity index (χ4v) is 3.65. The Kier molecular flexibility index (Phi) is 5.16. The predicted octanol–water partition coefficient (Wildman–Crippen LogP) is 5.40. The molecule has 0 atom stereocenters. The molecule has 3 aromatic carbocycles. The summed E-state index contributed by atoms with van der Waals surface area (Å²) in [5.74, 6) is -1.40. The van der Waals surface area contributed by atoms with Gasteiger partial charge in [-0.2, -0.15) is 0 Å². The number of rotatable bonds is 6. The lowest BCUT2D eigenvalue weighted by Gasteiger charge is -2.10. The highest BCUT2D eigenvalue weighted by Gasteiger charge is 2.25. The molecule has 0 radical (unpaired) electrons. The lowest BCUT2D eigenvalue weighted by atomic mass is 10.1. The molecule has 6 nitrogen and oxygen atoms in total. The lowest BCUT2D eigenvalue weighted by molar-refractivity contribution is -0.136. The number of carbonyl (C=O) groups is 2. The van der Waals surface area contributed by atoms with Crippen LogP contribution in [0.4, 0.5) is 0 Å². The van der Waals surface area contributed by atoms with Crippen molar-refractivity contribution < 1.29 is 24.5 Å². The van der Waals surface area contributed by atoms with Gasteiger partial charge in [0.15, 0.2) is 0 Å². The molecular formula is C23H16ClNO5. The Bertz CT molecular complexity index is 1260. The number of halogens is 1. The number of aromatic nitrogens is 1. The van der Waals surface area contributed by atoms with Gasteiger partial charge in [0.2, 0.25) is 0 Å². The van der Waals surface area contributed by atoms with Gasteiger partial charge in [0, 0.05) is 21.8 Å². The molecule has 0 bridgehead atoms. The Morgan fingerprint density at radius 2 is 1.63 bits per heavy atom. The second kappa shape index (κ2) is 7.93. The molecule has 0 saturated carbocycles. The molecule has 1 heterocycles. The van der Waals surface area contributed by atoms with Crippen LogP contribution in [0.5, 0.6) is 11.5 Å². The third-order valence-electron chi connectivity index (χ3n) is 4.62. The predicted molar refractivity (Wildman–Crippen MR) is 113 cm³/mol. The van der Waals surface area contributed by atoms with Crippen LogP contribution in [0, 0.1) is 0 Å². The van der Waals surface area contributed by atoms with Crippen LogP contribution in [0.2, 0.25) is 5.02 Å². The Morgan fingerprint density at radius 1 is 0.900 bits per heavy atom. The number of aliphatic carboxylic acids is 1. The number of nitrogens with zero attached hydrogens (tertiary/aromatic N) is 1. The minimum absolute atomic E-state index is 0.0622. The fraction of sp³-hybridized carbons (Fsp3) is 0.0435. The van der Waals surface area contributed by atoms with Crippen LogP contribution in [0.3, 0.4) is 0 Å². The second-order valence-electron chi connectivity index (χ2n) is 6.61. The molecule has 150 valence electrons.